The molecular formula is C26H34N4O2. The largest absolute Gasteiger partial charge is 0.508 e. The Morgan fingerprint density at radius 3 is 2.53 bits per heavy atom. The van der Waals surface area contributed by atoms with Crippen LogP contribution in [-0.2, 0) is 0 Å². The number of rotatable bonds is 10. The molecule has 0 aliphatic heterocycles. The lowest BCUT2D eigenvalue weighted by Gasteiger charge is -2.18. The van der Waals surface area contributed by atoms with Gasteiger partial charge in [-0.25, -0.2) is 5.43 Å². The van der Waals surface area contributed by atoms with Crippen molar-refractivity contribution in [2.45, 2.75) is 39.2 Å². The summed E-state index contributed by atoms with van der Waals surface area (Å²) in [6.45, 7) is 4.65. The van der Waals surface area contributed by atoms with Crippen LogP contribution in [0.5, 0.6) is 5.75 Å². The van der Waals surface area contributed by atoms with Crippen molar-refractivity contribution in [2.75, 3.05) is 31.0 Å². The van der Waals surface area contributed by atoms with Crippen molar-refractivity contribution in [1.82, 2.24) is 10.7 Å². The molecule has 1 amide bonds. The fraction of sp³-hybridized carbons (Fsp3) is 0.346. The average Bonchev–Trinajstić information content (AvgIpc) is 2.77. The van der Waals surface area contributed by atoms with Gasteiger partial charge in [-0.1, -0.05) is 30.7 Å². The highest BCUT2D eigenvalue weighted by Crippen LogP contribution is 2.30. The quantitative estimate of drug-likeness (QED) is 0.272. The van der Waals surface area contributed by atoms with E-state index in [4.69, 9.17) is 0 Å². The van der Waals surface area contributed by atoms with Gasteiger partial charge in [0.1, 0.15) is 5.75 Å². The number of aryl methyl sites for hydroxylation is 1. The number of phenols is 1. The van der Waals surface area contributed by atoms with Crippen LogP contribution >= 0.6 is 0 Å². The van der Waals surface area contributed by atoms with Crippen LogP contribution in [0.3, 0.4) is 0 Å². The Morgan fingerprint density at radius 2 is 1.78 bits per heavy atom. The third kappa shape index (κ3) is 5.92. The molecule has 0 radical (unpaired) electrons. The number of carbonyl (C=O) groups is 1. The van der Waals surface area contributed by atoms with Crippen LogP contribution < -0.4 is 21.1 Å². The second-order valence-electron chi connectivity index (χ2n) is 8.50. The van der Waals surface area contributed by atoms with Crippen LogP contribution in [0.15, 0.2) is 54.6 Å². The summed E-state index contributed by atoms with van der Waals surface area (Å²) in [7, 11) is 4.12. The number of carbonyl (C=O) groups excluding carboxylic acids is 1. The van der Waals surface area contributed by atoms with Crippen molar-refractivity contribution in [1.29, 1.82) is 0 Å². The first-order chi connectivity index (χ1) is 15.4. The maximum atomic E-state index is 12.4. The van der Waals surface area contributed by atoms with Crippen molar-refractivity contribution < 1.29 is 9.90 Å². The summed E-state index contributed by atoms with van der Waals surface area (Å²) in [6, 6.07) is 17.6. The Morgan fingerprint density at radius 1 is 1.03 bits per heavy atom. The first kappa shape index (κ1) is 23.4. The zero-order chi connectivity index (χ0) is 23.1. The van der Waals surface area contributed by atoms with Gasteiger partial charge in [-0.2, -0.15) is 0 Å². The number of hydrogen-bond donors (Lipinski definition) is 4. The third-order valence-electron chi connectivity index (χ3n) is 5.63. The summed E-state index contributed by atoms with van der Waals surface area (Å²) in [5, 5.41) is 15.0. The standard InChI is InChI=1S/C26H34N4O2/c1-18-17-20(14-15-25(18)31)26(32)28-19(2)9-5-6-16-27-29-23-12-7-11-22-21(23)10-8-13-24(22)30(3)4/h7-8,10-15,17,19,27,29,31H,5-6,9,16H2,1-4H3,(H,28,32). The number of benzene rings is 3. The van der Waals surface area contributed by atoms with E-state index < -0.39 is 0 Å². The molecule has 0 aliphatic carbocycles. The molecule has 0 saturated carbocycles. The Balaban J connectivity index is 1.41. The van der Waals surface area contributed by atoms with Crippen molar-refractivity contribution in [3.05, 3.63) is 65.7 Å². The third-order valence-corrected chi connectivity index (χ3v) is 5.63. The van der Waals surface area contributed by atoms with Crippen LogP contribution in [0.2, 0.25) is 0 Å². The molecule has 0 fully saturated rings. The van der Waals surface area contributed by atoms with E-state index in [1.54, 1.807) is 25.1 Å². The zero-order valence-corrected chi connectivity index (χ0v) is 19.4. The van der Waals surface area contributed by atoms with E-state index in [0.29, 0.717) is 11.1 Å². The number of unbranched alkanes of at least 4 members (excludes halogenated alkanes) is 1. The summed E-state index contributed by atoms with van der Waals surface area (Å²) in [5.41, 5.74) is 10.2. The molecule has 0 aromatic heterocycles. The Kier molecular flexibility index (Phi) is 7.95. The fourth-order valence-electron chi connectivity index (χ4n) is 3.79. The van der Waals surface area contributed by atoms with Gasteiger partial charge in [0.15, 0.2) is 0 Å². The molecule has 0 bridgehead atoms. The number of anilines is 2. The monoisotopic (exact) mass is 434 g/mol. The molecule has 0 heterocycles. The molecular weight excluding hydrogens is 400 g/mol. The second-order valence-corrected chi connectivity index (χ2v) is 8.50. The minimum absolute atomic E-state index is 0.0899. The zero-order valence-electron chi connectivity index (χ0n) is 19.4. The number of amides is 1. The van der Waals surface area contributed by atoms with Crippen molar-refractivity contribution in [3.63, 3.8) is 0 Å². The van der Waals surface area contributed by atoms with E-state index in [2.05, 4.69) is 71.6 Å². The summed E-state index contributed by atoms with van der Waals surface area (Å²) in [6.07, 6.45) is 2.91. The molecule has 6 heteroatoms. The van der Waals surface area contributed by atoms with Gasteiger partial charge in [0, 0.05) is 48.7 Å². The molecule has 1 unspecified atom stereocenters. The molecule has 3 aromatic carbocycles. The summed E-state index contributed by atoms with van der Waals surface area (Å²) in [5.74, 6) is 0.103. The van der Waals surface area contributed by atoms with E-state index in [0.717, 1.165) is 31.5 Å². The molecule has 3 aromatic rings. The van der Waals surface area contributed by atoms with E-state index >= 15 is 0 Å². The highest BCUT2D eigenvalue weighted by molar-refractivity contribution is 6.01. The van der Waals surface area contributed by atoms with Gasteiger partial charge in [0.2, 0.25) is 0 Å². The molecule has 4 N–H and O–H groups in total. The van der Waals surface area contributed by atoms with Crippen LogP contribution in [0.1, 0.15) is 42.1 Å². The van der Waals surface area contributed by atoms with Gasteiger partial charge in [-0.05, 0) is 62.6 Å². The molecule has 32 heavy (non-hydrogen) atoms. The minimum Gasteiger partial charge on any atom is -0.508 e. The van der Waals surface area contributed by atoms with Crippen LogP contribution in [-0.4, -0.2) is 37.7 Å². The van der Waals surface area contributed by atoms with E-state index in [-0.39, 0.29) is 17.7 Å². The Hall–Kier alpha value is -3.25. The normalized spacial score (nSPS) is 11.9. The molecule has 6 nitrogen and oxygen atoms in total. The first-order valence-electron chi connectivity index (χ1n) is 11.1. The van der Waals surface area contributed by atoms with Crippen molar-refractivity contribution in [3.8, 4) is 5.75 Å². The van der Waals surface area contributed by atoms with Crippen molar-refractivity contribution in [2.24, 2.45) is 0 Å². The fourth-order valence-corrected chi connectivity index (χ4v) is 3.79. The SMILES string of the molecule is Cc1cc(C(=O)NC(C)CCCCNNc2cccc3c(N(C)C)cccc23)ccc1O. The van der Waals surface area contributed by atoms with Gasteiger partial charge in [0.05, 0.1) is 5.69 Å². The van der Waals surface area contributed by atoms with E-state index in [1.165, 1.54) is 16.5 Å². The highest BCUT2D eigenvalue weighted by Gasteiger charge is 2.11. The smallest absolute Gasteiger partial charge is 0.251 e. The molecule has 0 saturated heterocycles. The van der Waals surface area contributed by atoms with Gasteiger partial charge < -0.3 is 20.7 Å². The Labute approximate surface area is 190 Å². The predicted molar refractivity (Wildman–Crippen MR) is 134 cm³/mol. The van der Waals surface area contributed by atoms with Gasteiger partial charge in [-0.3, -0.25) is 4.79 Å². The lowest BCUT2D eigenvalue weighted by Crippen LogP contribution is -2.32. The van der Waals surface area contributed by atoms with Crippen molar-refractivity contribution >= 4 is 28.1 Å². The van der Waals surface area contributed by atoms with Crippen LogP contribution in [0.25, 0.3) is 10.8 Å². The second kappa shape index (κ2) is 10.9. The summed E-state index contributed by atoms with van der Waals surface area (Å²) >= 11 is 0. The van der Waals surface area contributed by atoms with Gasteiger partial charge in [-0.15, -0.1) is 0 Å². The topological polar surface area (TPSA) is 76.6 Å². The number of fused-ring (bicyclic) bond motifs is 1. The van der Waals surface area contributed by atoms with Crippen LogP contribution in [0, 0.1) is 6.92 Å². The van der Waals surface area contributed by atoms with E-state index in [1.807, 2.05) is 6.92 Å². The Bertz CT molecular complexity index is 1060. The first-order valence-corrected chi connectivity index (χ1v) is 11.1. The highest BCUT2D eigenvalue weighted by atomic mass is 16.3. The maximum absolute atomic E-state index is 12.4. The number of phenolic OH excluding ortho intramolecular Hbond substituents is 1. The van der Waals surface area contributed by atoms with Gasteiger partial charge in [0.25, 0.3) is 5.91 Å². The summed E-state index contributed by atoms with van der Waals surface area (Å²) in [4.78, 5) is 14.5. The lowest BCUT2D eigenvalue weighted by atomic mass is 10.1. The minimum atomic E-state index is -0.103. The number of hydrogen-bond acceptors (Lipinski definition) is 5. The molecule has 170 valence electrons. The van der Waals surface area contributed by atoms with Gasteiger partial charge >= 0.3 is 0 Å². The number of nitrogens with one attached hydrogen (secondary N) is 3. The van der Waals surface area contributed by atoms with Crippen LogP contribution in [0.4, 0.5) is 11.4 Å². The molecule has 3 rings (SSSR count). The molecule has 0 spiro atoms. The molecule has 1 atom stereocenters. The van der Waals surface area contributed by atoms with E-state index in [9.17, 15) is 9.90 Å². The number of aromatic hydroxyl groups is 1. The molecule has 0 aliphatic rings. The number of nitrogens with zero attached hydrogens (tertiary/aromatic N) is 1. The maximum Gasteiger partial charge on any atom is 0.251 e. The summed E-state index contributed by atoms with van der Waals surface area (Å²) < 4.78 is 0. The number of hydrazine groups is 1. The average molecular weight is 435 g/mol. The predicted octanol–water partition coefficient (Wildman–Crippen LogP) is 4.83. The lowest BCUT2D eigenvalue weighted by molar-refractivity contribution is 0.0938.